The van der Waals surface area contributed by atoms with Crippen LogP contribution in [0.5, 0.6) is 5.88 Å². The molecule has 2 rings (SSSR count). The summed E-state index contributed by atoms with van der Waals surface area (Å²) in [5, 5.41) is 10.4. The van der Waals surface area contributed by atoms with E-state index in [9.17, 15) is 26.7 Å². The number of rotatable bonds is 16. The van der Waals surface area contributed by atoms with Crippen LogP contribution in [0.4, 0.5) is 13.2 Å². The summed E-state index contributed by atoms with van der Waals surface area (Å²) in [5.41, 5.74) is -1.46. The fraction of sp³-hybridized carbons (Fsp3) is 0.743. The first-order valence-electron chi connectivity index (χ1n) is 17.2. The Morgan fingerprint density at radius 2 is 1.76 bits per heavy atom. The number of aromatic nitrogens is 1. The third-order valence-electron chi connectivity index (χ3n) is 9.00. The zero-order chi connectivity index (χ0) is 38.3. The van der Waals surface area contributed by atoms with Gasteiger partial charge in [-0.15, -0.1) is 11.5 Å². The number of halogens is 3. The summed E-state index contributed by atoms with van der Waals surface area (Å²) < 4.78 is 90.9. The molecule has 5 atom stereocenters. The molecule has 0 unspecified atom stereocenters. The van der Waals surface area contributed by atoms with Crippen molar-refractivity contribution in [2.45, 2.75) is 147 Å². The Morgan fingerprint density at radius 1 is 1.16 bits per heavy atom. The summed E-state index contributed by atoms with van der Waals surface area (Å²) >= 11 is 0. The van der Waals surface area contributed by atoms with Crippen LogP contribution in [-0.2, 0) is 30.4 Å². The van der Waals surface area contributed by atoms with E-state index in [1.54, 1.807) is 7.11 Å². The average Bonchev–Trinajstić information content (AvgIpc) is 3.39. The lowest BCUT2D eigenvalue weighted by molar-refractivity contribution is -0.166. The quantitative estimate of drug-likeness (QED) is 0.0583. The standard InChI is InChI=1S/C35H58F3NO8SSi2/c1-24(2)50(25(3)4,26(5)6)47-31(18-27(7)15-16-29(43-9)14-13-17-49(10,11)12)30-19-28(22-40)20-34(8,45-30)21-32-39-33(23-44-32)46-48(41,42)35(36,37)38/h15-16,18,23-26,28-31,40H,14,19-22H2,1-12H3/b16-15+,27-18+/t28-,29-,30-,31+,34+/m1/s1. The Balaban J connectivity index is 2.52. The Morgan fingerprint density at radius 3 is 2.26 bits per heavy atom. The van der Waals surface area contributed by atoms with Gasteiger partial charge in [0.2, 0.25) is 8.32 Å². The first-order valence-corrected chi connectivity index (χ1v) is 24.2. The molecule has 1 aromatic heterocycles. The van der Waals surface area contributed by atoms with Gasteiger partial charge < -0.3 is 27.6 Å². The fourth-order valence-electron chi connectivity index (χ4n) is 6.91. The Bertz CT molecular complexity index is 1450. The van der Waals surface area contributed by atoms with Gasteiger partial charge in [0.15, 0.2) is 12.2 Å². The lowest BCUT2D eigenvalue weighted by Gasteiger charge is -2.49. The van der Waals surface area contributed by atoms with E-state index in [2.05, 4.69) is 87.9 Å². The molecule has 0 aromatic carbocycles. The van der Waals surface area contributed by atoms with Crippen molar-refractivity contribution in [3.63, 3.8) is 0 Å². The molecule has 0 amide bonds. The van der Waals surface area contributed by atoms with Gasteiger partial charge in [-0.05, 0) is 49.2 Å². The lowest BCUT2D eigenvalue weighted by Crippen LogP contribution is -2.55. The molecule has 1 aromatic rings. The van der Waals surface area contributed by atoms with Crippen LogP contribution in [-0.4, -0.2) is 78.0 Å². The molecule has 0 saturated carbocycles. The maximum Gasteiger partial charge on any atom is 0.534 e. The normalized spacial score (nSPS) is 22.7. The number of hydrogen-bond acceptors (Lipinski definition) is 9. The van der Waals surface area contributed by atoms with Crippen molar-refractivity contribution in [1.29, 1.82) is 0 Å². The number of hydrogen-bond donors (Lipinski definition) is 1. The first-order chi connectivity index (χ1) is 22.9. The summed E-state index contributed by atoms with van der Waals surface area (Å²) in [4.78, 5) is 3.85. The van der Waals surface area contributed by atoms with Gasteiger partial charge in [-0.2, -0.15) is 26.6 Å². The van der Waals surface area contributed by atoms with Gasteiger partial charge in [0.1, 0.15) is 8.07 Å². The molecule has 15 heteroatoms. The van der Waals surface area contributed by atoms with Gasteiger partial charge in [0, 0.05) is 20.1 Å². The summed E-state index contributed by atoms with van der Waals surface area (Å²) in [7, 11) is -8.23. The molecule has 0 bridgehead atoms. The first kappa shape index (κ1) is 44.2. The van der Waals surface area contributed by atoms with Gasteiger partial charge in [-0.25, -0.2) is 0 Å². The number of aliphatic hydroxyl groups is 1. The van der Waals surface area contributed by atoms with Gasteiger partial charge in [0.05, 0.1) is 30.3 Å². The minimum absolute atomic E-state index is 0.0141. The minimum atomic E-state index is -5.92. The van der Waals surface area contributed by atoms with Crippen molar-refractivity contribution in [2.75, 3.05) is 13.7 Å². The van der Waals surface area contributed by atoms with Crippen molar-refractivity contribution in [3.8, 4) is 17.3 Å². The maximum atomic E-state index is 12.9. The molecule has 1 N–H and O–H groups in total. The number of nitrogens with zero attached hydrogens (tertiary/aromatic N) is 1. The van der Waals surface area contributed by atoms with Crippen LogP contribution >= 0.6 is 0 Å². The van der Waals surface area contributed by atoms with Gasteiger partial charge >= 0.3 is 15.6 Å². The summed E-state index contributed by atoms with van der Waals surface area (Å²) in [6, 6.07) is 0. The van der Waals surface area contributed by atoms with Crippen LogP contribution in [0, 0.1) is 17.4 Å². The van der Waals surface area contributed by atoms with E-state index >= 15 is 0 Å². The smallest absolute Gasteiger partial charge is 0.445 e. The van der Waals surface area contributed by atoms with Crippen LogP contribution in [0.2, 0.25) is 36.3 Å². The minimum Gasteiger partial charge on any atom is -0.445 e. The number of alkyl halides is 3. The molecule has 1 aliphatic heterocycles. The summed E-state index contributed by atoms with van der Waals surface area (Å²) in [6.45, 7) is 23.5. The second kappa shape index (κ2) is 17.7. The zero-order valence-corrected chi connectivity index (χ0v) is 34.5. The fourth-order valence-corrected chi connectivity index (χ4v) is 13.4. The van der Waals surface area contributed by atoms with E-state index in [0.29, 0.717) is 25.5 Å². The highest BCUT2D eigenvalue weighted by Gasteiger charge is 2.51. The second-order valence-electron chi connectivity index (χ2n) is 15.5. The van der Waals surface area contributed by atoms with Crippen LogP contribution in [0.25, 0.3) is 0 Å². The van der Waals surface area contributed by atoms with Crippen molar-refractivity contribution < 1.29 is 49.2 Å². The number of methoxy groups -OCH3 is 1. The summed E-state index contributed by atoms with van der Waals surface area (Å²) in [5.74, 6) is 2.18. The number of oxazole rings is 1. The maximum absolute atomic E-state index is 12.9. The molecular weight excluding hydrogens is 708 g/mol. The highest BCUT2D eigenvalue weighted by atomic mass is 32.2. The predicted octanol–water partition coefficient (Wildman–Crippen LogP) is 8.34. The van der Waals surface area contributed by atoms with E-state index in [1.165, 1.54) is 0 Å². The zero-order valence-electron chi connectivity index (χ0n) is 31.7. The Hall–Kier alpha value is -1.94. The predicted molar refractivity (Wildman–Crippen MR) is 194 cm³/mol. The Labute approximate surface area is 299 Å². The van der Waals surface area contributed by atoms with Gasteiger partial charge in [0.25, 0.3) is 5.88 Å². The third kappa shape index (κ3) is 12.3. The molecule has 0 radical (unpaired) electrons. The number of aliphatic hydroxyl groups excluding tert-OH is 1. The number of ether oxygens (including phenoxy) is 2. The van der Waals surface area contributed by atoms with Gasteiger partial charge in [-0.1, -0.05) is 85.0 Å². The van der Waals surface area contributed by atoms with E-state index in [-0.39, 0.29) is 47.6 Å². The van der Waals surface area contributed by atoms with Crippen molar-refractivity contribution in [3.05, 3.63) is 36.0 Å². The van der Waals surface area contributed by atoms with Crippen LogP contribution in [0.1, 0.15) is 80.5 Å². The molecular formula is C35H58F3NO8SSi2. The lowest BCUT2D eigenvalue weighted by atomic mass is 9.81. The SMILES string of the molecule is CO[C@@H](/C=C/C(C)=C/[C@H](O[Si](C(C)C)(C(C)C)C(C)C)[C@H]1C[C@@H](CO)C[C@@](C)(Cc2nc(OS(=O)(=O)C(F)(F)F)co2)O1)CC#C[Si](C)(C)C. The largest absolute Gasteiger partial charge is 0.534 e. The van der Waals surface area contributed by atoms with Crippen molar-refractivity contribution in [1.82, 2.24) is 4.98 Å². The molecule has 9 nitrogen and oxygen atoms in total. The van der Waals surface area contributed by atoms with E-state index in [1.807, 2.05) is 26.0 Å². The third-order valence-corrected chi connectivity index (χ3v) is 17.0. The van der Waals surface area contributed by atoms with Crippen LogP contribution in [0.15, 0.2) is 34.5 Å². The van der Waals surface area contributed by atoms with Gasteiger partial charge in [-0.3, -0.25) is 0 Å². The van der Waals surface area contributed by atoms with Crippen molar-refractivity contribution >= 4 is 26.5 Å². The molecule has 286 valence electrons. The Kier molecular flexibility index (Phi) is 15.7. The van der Waals surface area contributed by atoms with E-state index < -0.39 is 55.7 Å². The molecule has 2 heterocycles. The highest BCUT2D eigenvalue weighted by molar-refractivity contribution is 7.87. The number of allylic oxidation sites excluding steroid dienone is 2. The molecule has 0 spiro atoms. The average molecular weight is 766 g/mol. The molecule has 1 aliphatic rings. The van der Waals surface area contributed by atoms with Crippen LogP contribution < -0.4 is 4.18 Å². The van der Waals surface area contributed by atoms with E-state index in [0.717, 1.165) is 5.57 Å². The second-order valence-corrected chi connectivity index (χ2v) is 27.2. The molecule has 1 fully saturated rings. The molecule has 1 saturated heterocycles. The molecule has 50 heavy (non-hydrogen) atoms. The topological polar surface area (TPSA) is 117 Å². The van der Waals surface area contributed by atoms with Crippen molar-refractivity contribution in [2.24, 2.45) is 5.92 Å². The van der Waals surface area contributed by atoms with E-state index in [4.69, 9.17) is 18.3 Å². The highest BCUT2D eigenvalue weighted by Crippen LogP contribution is 2.45. The summed E-state index contributed by atoms with van der Waals surface area (Å²) in [6.07, 6.45) is 7.03. The molecule has 0 aliphatic carbocycles. The van der Waals surface area contributed by atoms with Crippen LogP contribution in [0.3, 0.4) is 0 Å². The monoisotopic (exact) mass is 765 g/mol.